The Hall–Kier alpha value is -4.97. The minimum atomic E-state index is -1.37. The number of hydrogen-bond acceptors (Lipinski definition) is 8. The Bertz CT molecular complexity index is 1600. The first-order valence-electron chi connectivity index (χ1n) is 17.6. The van der Waals surface area contributed by atoms with Gasteiger partial charge in [0.1, 0.15) is 25.1 Å². The average molecular weight is 702 g/mol. The van der Waals surface area contributed by atoms with E-state index in [0.29, 0.717) is 24.3 Å². The van der Waals surface area contributed by atoms with Crippen LogP contribution in [0.3, 0.4) is 0 Å². The molecule has 12 heteroatoms. The summed E-state index contributed by atoms with van der Waals surface area (Å²) < 4.78 is 11.5. The van der Waals surface area contributed by atoms with Gasteiger partial charge < -0.3 is 35.4 Å². The Morgan fingerprint density at radius 1 is 0.922 bits per heavy atom. The highest BCUT2D eigenvalue weighted by Crippen LogP contribution is 2.32. The molecular weight excluding hydrogens is 650 g/mol. The summed E-state index contributed by atoms with van der Waals surface area (Å²) in [6, 6.07) is 17.3. The molecule has 3 atom stereocenters. The summed E-state index contributed by atoms with van der Waals surface area (Å²) in [5, 5.41) is 18.4. The van der Waals surface area contributed by atoms with Crippen molar-refractivity contribution in [1.29, 1.82) is 0 Å². The van der Waals surface area contributed by atoms with E-state index in [-0.39, 0.29) is 50.1 Å². The van der Waals surface area contributed by atoms with Gasteiger partial charge in [0, 0.05) is 24.8 Å². The Kier molecular flexibility index (Phi) is 13.9. The van der Waals surface area contributed by atoms with Gasteiger partial charge in [-0.05, 0) is 58.6 Å². The van der Waals surface area contributed by atoms with E-state index in [1.165, 1.54) is 0 Å². The van der Waals surface area contributed by atoms with Crippen LogP contribution in [0.25, 0.3) is 0 Å². The second kappa shape index (κ2) is 18.3. The van der Waals surface area contributed by atoms with E-state index in [1.807, 2.05) is 88.4 Å². The van der Waals surface area contributed by atoms with Crippen molar-refractivity contribution in [2.45, 2.75) is 90.5 Å². The fraction of sp³-hybridized carbons (Fsp3) is 0.462. The summed E-state index contributed by atoms with van der Waals surface area (Å²) in [5.74, 6) is -1.33. The number of amides is 3. The second-order valence-corrected chi connectivity index (χ2v) is 13.8. The van der Waals surface area contributed by atoms with E-state index >= 15 is 0 Å². The molecule has 3 unspecified atom stereocenters. The molecule has 3 amide bonds. The van der Waals surface area contributed by atoms with Crippen LogP contribution in [0.1, 0.15) is 98.3 Å². The number of aromatic nitrogens is 1. The Morgan fingerprint density at radius 2 is 1.59 bits per heavy atom. The molecule has 1 aromatic heterocycles. The highest BCUT2D eigenvalue weighted by Gasteiger charge is 2.37. The smallest absolute Gasteiger partial charge is 0.410 e. The summed E-state index contributed by atoms with van der Waals surface area (Å²) in [6.07, 6.45) is 1.14. The van der Waals surface area contributed by atoms with Crippen LogP contribution in [0, 0.1) is 0 Å². The number of anilines is 1. The summed E-state index contributed by atoms with van der Waals surface area (Å²) in [5.41, 5.74) is 4.16. The van der Waals surface area contributed by atoms with Gasteiger partial charge in [0.05, 0.1) is 18.7 Å². The molecule has 0 spiro atoms. The van der Waals surface area contributed by atoms with Gasteiger partial charge in [0.25, 0.3) is 5.91 Å². The molecule has 1 aliphatic rings. The zero-order valence-corrected chi connectivity index (χ0v) is 30.3. The third kappa shape index (κ3) is 11.0. The van der Waals surface area contributed by atoms with Crippen molar-refractivity contribution in [3.8, 4) is 0 Å². The number of pyridine rings is 1. The number of hydrogen-bond donors (Lipinski definition) is 4. The molecule has 12 nitrogen and oxygen atoms in total. The van der Waals surface area contributed by atoms with Gasteiger partial charge in [-0.3, -0.25) is 9.59 Å². The third-order valence-electron chi connectivity index (χ3n) is 8.92. The molecule has 4 rings (SSSR count). The zero-order valence-electron chi connectivity index (χ0n) is 30.3. The van der Waals surface area contributed by atoms with Gasteiger partial charge in [-0.1, -0.05) is 90.1 Å². The largest absolute Gasteiger partial charge is 0.480 e. The van der Waals surface area contributed by atoms with Crippen LogP contribution in [0.2, 0.25) is 0 Å². The van der Waals surface area contributed by atoms with Crippen LogP contribution in [0.4, 0.5) is 10.6 Å². The maximum atomic E-state index is 13.7. The monoisotopic (exact) mass is 701 g/mol. The number of rotatable bonds is 16. The number of carboxylic acid groups (broad SMARTS) is 1. The fourth-order valence-corrected chi connectivity index (χ4v) is 6.01. The second-order valence-electron chi connectivity index (χ2n) is 13.8. The van der Waals surface area contributed by atoms with Crippen LogP contribution in [-0.2, 0) is 25.7 Å². The lowest BCUT2D eigenvalue weighted by Gasteiger charge is -2.24. The number of aliphatic carboxylic acids is 1. The van der Waals surface area contributed by atoms with Crippen molar-refractivity contribution in [2.24, 2.45) is 0 Å². The van der Waals surface area contributed by atoms with E-state index in [9.17, 15) is 24.3 Å². The van der Waals surface area contributed by atoms with Gasteiger partial charge in [-0.25, -0.2) is 14.6 Å². The standard InChI is InChI=1S/C39H51N5O7/c1-24(2)28-16-31(25(3)4)36(32(17-28)26(5)6)37(46)43-33(38(47)48)20-42-35(45)23-50-30-18-29(19-41-34-14-10-11-15-40-34)44(21-30)39(49)51-22-27-12-8-7-9-13-27/h7-17,24-26,29-30,33H,18-23H2,1-6H3,(H,40,41)(H,42,45)(H,43,46)(H,47,48). The topological polar surface area (TPSA) is 159 Å². The van der Waals surface area contributed by atoms with Crippen molar-refractivity contribution in [3.63, 3.8) is 0 Å². The van der Waals surface area contributed by atoms with Gasteiger partial charge in [-0.2, -0.15) is 0 Å². The van der Waals surface area contributed by atoms with Crippen LogP contribution < -0.4 is 16.0 Å². The minimum Gasteiger partial charge on any atom is -0.480 e. The molecule has 0 aliphatic carbocycles. The number of carbonyl (C=O) groups is 4. The highest BCUT2D eigenvalue weighted by atomic mass is 16.6. The van der Waals surface area contributed by atoms with Gasteiger partial charge >= 0.3 is 12.1 Å². The highest BCUT2D eigenvalue weighted by molar-refractivity contribution is 6.00. The van der Waals surface area contributed by atoms with E-state index in [2.05, 4.69) is 34.8 Å². The molecule has 4 N–H and O–H groups in total. The normalized spacial score (nSPS) is 16.3. The predicted molar refractivity (Wildman–Crippen MR) is 195 cm³/mol. The first-order chi connectivity index (χ1) is 24.3. The number of likely N-dealkylation sites (tertiary alicyclic amines) is 1. The summed E-state index contributed by atoms with van der Waals surface area (Å²) in [4.78, 5) is 57.8. The minimum absolute atomic E-state index is 0.0321. The van der Waals surface area contributed by atoms with Crippen molar-refractivity contribution in [3.05, 3.63) is 94.7 Å². The number of benzene rings is 2. The van der Waals surface area contributed by atoms with Crippen molar-refractivity contribution >= 4 is 29.7 Å². The number of carboxylic acids is 1. The van der Waals surface area contributed by atoms with Crippen LogP contribution in [0.5, 0.6) is 0 Å². The van der Waals surface area contributed by atoms with Gasteiger partial charge in [0.15, 0.2) is 0 Å². The van der Waals surface area contributed by atoms with Crippen LogP contribution >= 0.6 is 0 Å². The SMILES string of the molecule is CC(C)c1cc(C(C)C)c(C(=O)NC(CNC(=O)COC2CC(CNc3ccccn3)N(C(=O)OCc3ccccc3)C2)C(=O)O)c(C(C)C)c1. The molecule has 1 fully saturated rings. The molecule has 0 radical (unpaired) electrons. The Labute approximate surface area is 300 Å². The van der Waals surface area contributed by atoms with E-state index < -0.39 is 36.0 Å². The summed E-state index contributed by atoms with van der Waals surface area (Å²) in [7, 11) is 0. The average Bonchev–Trinajstić information content (AvgIpc) is 3.53. The first kappa shape index (κ1) is 38.8. The molecule has 0 bridgehead atoms. The lowest BCUT2D eigenvalue weighted by molar-refractivity contribution is -0.139. The number of ether oxygens (including phenoxy) is 2. The molecule has 3 aromatic rings. The van der Waals surface area contributed by atoms with Gasteiger partial charge in [-0.15, -0.1) is 0 Å². The lowest BCUT2D eigenvalue weighted by Crippen LogP contribution is -2.49. The molecule has 0 saturated carbocycles. The molecule has 2 aromatic carbocycles. The van der Waals surface area contributed by atoms with E-state index in [0.717, 1.165) is 22.3 Å². The van der Waals surface area contributed by atoms with Crippen molar-refractivity contribution in [2.75, 3.05) is 31.6 Å². The fourth-order valence-electron chi connectivity index (χ4n) is 6.01. The molecular formula is C39H51N5O7. The third-order valence-corrected chi connectivity index (χ3v) is 8.92. The molecule has 274 valence electrons. The van der Waals surface area contributed by atoms with Gasteiger partial charge in [0.2, 0.25) is 5.91 Å². The number of nitrogens with zero attached hydrogens (tertiary/aromatic N) is 2. The Balaban J connectivity index is 1.36. The van der Waals surface area contributed by atoms with Crippen LogP contribution in [0.15, 0.2) is 66.9 Å². The maximum Gasteiger partial charge on any atom is 0.410 e. The maximum absolute atomic E-state index is 13.7. The molecule has 2 heterocycles. The number of carbonyl (C=O) groups excluding carboxylic acids is 3. The summed E-state index contributed by atoms with van der Waals surface area (Å²) >= 11 is 0. The van der Waals surface area contributed by atoms with Crippen molar-refractivity contribution < 1.29 is 33.8 Å². The first-order valence-corrected chi connectivity index (χ1v) is 17.6. The van der Waals surface area contributed by atoms with Crippen LogP contribution in [-0.4, -0.2) is 83.3 Å². The van der Waals surface area contributed by atoms with E-state index in [1.54, 1.807) is 11.1 Å². The Morgan fingerprint density at radius 3 is 2.18 bits per heavy atom. The lowest BCUT2D eigenvalue weighted by atomic mass is 9.84. The predicted octanol–water partition coefficient (Wildman–Crippen LogP) is 5.66. The molecule has 1 saturated heterocycles. The molecule has 1 aliphatic heterocycles. The molecule has 51 heavy (non-hydrogen) atoms. The van der Waals surface area contributed by atoms with Crippen molar-refractivity contribution in [1.82, 2.24) is 20.5 Å². The summed E-state index contributed by atoms with van der Waals surface area (Å²) in [6.45, 7) is 12.2. The quantitative estimate of drug-likeness (QED) is 0.148. The van der Waals surface area contributed by atoms with E-state index in [4.69, 9.17) is 9.47 Å². The zero-order chi connectivity index (χ0) is 37.1. The number of nitrogens with one attached hydrogen (secondary N) is 3.